The summed E-state index contributed by atoms with van der Waals surface area (Å²) in [4.78, 5) is 11.2. The van der Waals surface area contributed by atoms with Gasteiger partial charge in [0.25, 0.3) is 0 Å². The van der Waals surface area contributed by atoms with Gasteiger partial charge in [0.2, 0.25) is 5.91 Å². The Labute approximate surface area is 104 Å². The molecule has 16 heavy (non-hydrogen) atoms. The monoisotopic (exact) mass is 285 g/mol. The van der Waals surface area contributed by atoms with Crippen LogP contribution in [-0.2, 0) is 4.79 Å². The number of halogens is 1. The minimum absolute atomic E-state index is 0.0193. The first-order valence-electron chi connectivity index (χ1n) is 5.25. The molecule has 0 bridgehead atoms. The molecule has 1 rings (SSSR count). The Morgan fingerprint density at radius 3 is 2.88 bits per heavy atom. The summed E-state index contributed by atoms with van der Waals surface area (Å²) >= 11 is 3.36. The molecule has 88 valence electrons. The summed E-state index contributed by atoms with van der Waals surface area (Å²) < 4.78 is 6.45. The van der Waals surface area contributed by atoms with Crippen molar-refractivity contribution in [2.75, 3.05) is 13.2 Å². The molecule has 1 aromatic carbocycles. The molecular weight excluding hydrogens is 270 g/mol. The van der Waals surface area contributed by atoms with E-state index < -0.39 is 0 Å². The molecular formula is C12H16BrNO2. The molecule has 0 unspecified atom stereocenters. The Morgan fingerprint density at radius 2 is 2.25 bits per heavy atom. The van der Waals surface area contributed by atoms with Crippen LogP contribution in [0.4, 0.5) is 0 Å². The Morgan fingerprint density at radius 1 is 1.50 bits per heavy atom. The highest BCUT2D eigenvalue weighted by molar-refractivity contribution is 9.10. The zero-order valence-electron chi connectivity index (χ0n) is 9.50. The second-order valence-electron chi connectivity index (χ2n) is 3.75. The van der Waals surface area contributed by atoms with Crippen LogP contribution in [0.3, 0.4) is 0 Å². The van der Waals surface area contributed by atoms with Crippen LogP contribution in [0.15, 0.2) is 28.7 Å². The van der Waals surface area contributed by atoms with Crippen LogP contribution < -0.4 is 10.1 Å². The van der Waals surface area contributed by atoms with Gasteiger partial charge in [0.15, 0.2) is 0 Å². The van der Waals surface area contributed by atoms with E-state index in [1.54, 1.807) is 0 Å². The third kappa shape index (κ3) is 4.66. The Bertz CT molecular complexity index is 353. The van der Waals surface area contributed by atoms with Crippen molar-refractivity contribution in [3.8, 4) is 5.75 Å². The van der Waals surface area contributed by atoms with Gasteiger partial charge in [-0.05, 0) is 18.2 Å². The fourth-order valence-corrected chi connectivity index (χ4v) is 1.48. The molecule has 1 aromatic rings. The lowest BCUT2D eigenvalue weighted by Crippen LogP contribution is -2.31. The molecule has 1 N–H and O–H groups in total. The van der Waals surface area contributed by atoms with Crippen LogP contribution >= 0.6 is 15.9 Å². The standard InChI is InChI=1S/C12H16BrNO2/c1-9(2)12(15)14-6-7-16-11-5-3-4-10(13)8-11/h3-5,8-9H,6-7H2,1-2H3,(H,14,15). The molecule has 0 saturated carbocycles. The van der Waals surface area contributed by atoms with Gasteiger partial charge < -0.3 is 10.1 Å². The molecule has 4 heteroatoms. The predicted octanol–water partition coefficient (Wildman–Crippen LogP) is 2.60. The van der Waals surface area contributed by atoms with Crippen LogP contribution in [0.5, 0.6) is 5.75 Å². The third-order valence-electron chi connectivity index (χ3n) is 1.99. The summed E-state index contributed by atoms with van der Waals surface area (Å²) in [6.45, 7) is 4.74. The molecule has 0 aliphatic rings. The van der Waals surface area contributed by atoms with Crippen LogP contribution in [0.2, 0.25) is 0 Å². The number of benzene rings is 1. The van der Waals surface area contributed by atoms with Gasteiger partial charge in [0, 0.05) is 10.4 Å². The molecule has 0 aliphatic carbocycles. The Kier molecular flexibility index (Phi) is 5.32. The van der Waals surface area contributed by atoms with Gasteiger partial charge in [0.1, 0.15) is 12.4 Å². The fraction of sp³-hybridized carbons (Fsp3) is 0.417. The van der Waals surface area contributed by atoms with Crippen molar-refractivity contribution in [3.63, 3.8) is 0 Å². The van der Waals surface area contributed by atoms with Gasteiger partial charge in [0.05, 0.1) is 6.54 Å². The van der Waals surface area contributed by atoms with Crippen molar-refractivity contribution in [3.05, 3.63) is 28.7 Å². The highest BCUT2D eigenvalue weighted by Crippen LogP contribution is 2.17. The number of ether oxygens (including phenoxy) is 1. The van der Waals surface area contributed by atoms with Crippen LogP contribution in [0.25, 0.3) is 0 Å². The zero-order valence-corrected chi connectivity index (χ0v) is 11.1. The van der Waals surface area contributed by atoms with Crippen LogP contribution in [0.1, 0.15) is 13.8 Å². The van der Waals surface area contributed by atoms with Gasteiger partial charge >= 0.3 is 0 Å². The van der Waals surface area contributed by atoms with Crippen molar-refractivity contribution in [2.24, 2.45) is 5.92 Å². The quantitative estimate of drug-likeness (QED) is 0.845. The summed E-state index contributed by atoms with van der Waals surface area (Å²) in [7, 11) is 0. The van der Waals surface area contributed by atoms with E-state index in [9.17, 15) is 4.79 Å². The molecule has 0 atom stereocenters. The molecule has 0 fully saturated rings. The van der Waals surface area contributed by atoms with E-state index in [0.717, 1.165) is 10.2 Å². The lowest BCUT2D eigenvalue weighted by Gasteiger charge is -2.09. The first-order chi connectivity index (χ1) is 7.59. The first kappa shape index (κ1) is 13.0. The van der Waals surface area contributed by atoms with Crippen LogP contribution in [-0.4, -0.2) is 19.1 Å². The summed E-state index contributed by atoms with van der Waals surface area (Å²) in [6, 6.07) is 7.62. The van der Waals surface area contributed by atoms with Gasteiger partial charge in [-0.3, -0.25) is 4.79 Å². The number of hydrogen-bond acceptors (Lipinski definition) is 2. The third-order valence-corrected chi connectivity index (χ3v) is 2.48. The normalized spacial score (nSPS) is 10.2. The first-order valence-corrected chi connectivity index (χ1v) is 6.05. The number of amides is 1. The highest BCUT2D eigenvalue weighted by atomic mass is 79.9. The molecule has 0 spiro atoms. The molecule has 0 heterocycles. The molecule has 0 aromatic heterocycles. The fourth-order valence-electron chi connectivity index (χ4n) is 1.10. The Balaban J connectivity index is 2.23. The maximum atomic E-state index is 11.2. The average molecular weight is 286 g/mol. The lowest BCUT2D eigenvalue weighted by molar-refractivity contribution is -0.124. The summed E-state index contributed by atoms with van der Waals surface area (Å²) in [5.41, 5.74) is 0. The number of nitrogens with one attached hydrogen (secondary N) is 1. The van der Waals surface area contributed by atoms with Gasteiger partial charge in [-0.2, -0.15) is 0 Å². The molecule has 1 amide bonds. The van der Waals surface area contributed by atoms with E-state index in [4.69, 9.17) is 4.74 Å². The number of hydrogen-bond donors (Lipinski definition) is 1. The van der Waals surface area contributed by atoms with E-state index >= 15 is 0 Å². The van der Waals surface area contributed by atoms with Crippen molar-refractivity contribution in [1.29, 1.82) is 0 Å². The average Bonchev–Trinajstić information content (AvgIpc) is 2.24. The van der Waals surface area contributed by atoms with Gasteiger partial charge in [-0.15, -0.1) is 0 Å². The van der Waals surface area contributed by atoms with E-state index in [0.29, 0.717) is 13.2 Å². The van der Waals surface area contributed by atoms with Crippen LogP contribution in [0, 0.1) is 5.92 Å². The minimum atomic E-state index is 0.0193. The molecule has 0 saturated heterocycles. The minimum Gasteiger partial charge on any atom is -0.492 e. The maximum Gasteiger partial charge on any atom is 0.222 e. The van der Waals surface area contributed by atoms with Crippen molar-refractivity contribution in [2.45, 2.75) is 13.8 Å². The Hall–Kier alpha value is -1.03. The second kappa shape index (κ2) is 6.53. The number of rotatable bonds is 5. The summed E-state index contributed by atoms with van der Waals surface area (Å²) in [6.07, 6.45) is 0. The van der Waals surface area contributed by atoms with Gasteiger partial charge in [-0.1, -0.05) is 35.8 Å². The van der Waals surface area contributed by atoms with E-state index in [-0.39, 0.29) is 11.8 Å². The van der Waals surface area contributed by atoms with Crippen molar-refractivity contribution < 1.29 is 9.53 Å². The van der Waals surface area contributed by atoms with E-state index in [1.165, 1.54) is 0 Å². The second-order valence-corrected chi connectivity index (χ2v) is 4.67. The largest absolute Gasteiger partial charge is 0.492 e. The molecule has 3 nitrogen and oxygen atoms in total. The number of carbonyl (C=O) groups is 1. The predicted molar refractivity (Wildman–Crippen MR) is 67.5 cm³/mol. The summed E-state index contributed by atoms with van der Waals surface area (Å²) in [5, 5.41) is 2.79. The highest BCUT2D eigenvalue weighted by Gasteiger charge is 2.04. The smallest absolute Gasteiger partial charge is 0.222 e. The molecule has 0 aliphatic heterocycles. The maximum absolute atomic E-state index is 11.2. The number of carbonyl (C=O) groups excluding carboxylic acids is 1. The van der Waals surface area contributed by atoms with Crippen molar-refractivity contribution in [1.82, 2.24) is 5.32 Å². The van der Waals surface area contributed by atoms with E-state index in [2.05, 4.69) is 21.2 Å². The zero-order chi connectivity index (χ0) is 12.0. The molecule has 0 radical (unpaired) electrons. The topological polar surface area (TPSA) is 38.3 Å². The summed E-state index contributed by atoms with van der Waals surface area (Å²) in [5.74, 6) is 0.872. The van der Waals surface area contributed by atoms with Gasteiger partial charge in [-0.25, -0.2) is 0 Å². The van der Waals surface area contributed by atoms with E-state index in [1.807, 2.05) is 38.1 Å². The van der Waals surface area contributed by atoms with Crippen molar-refractivity contribution >= 4 is 21.8 Å². The lowest BCUT2D eigenvalue weighted by atomic mass is 10.2. The SMILES string of the molecule is CC(C)C(=O)NCCOc1cccc(Br)c1.